The molecule has 17 heavy (non-hydrogen) atoms. The Kier molecular flexibility index (Phi) is 12.1. The van der Waals surface area contributed by atoms with Crippen LogP contribution >= 0.6 is 11.8 Å². The highest BCUT2D eigenvalue weighted by molar-refractivity contribution is 7.98. The van der Waals surface area contributed by atoms with Crippen LogP contribution < -0.4 is 5.73 Å². The molecule has 0 aromatic carbocycles. The molecule has 0 spiro atoms. The highest BCUT2D eigenvalue weighted by Crippen LogP contribution is 2.05. The van der Waals surface area contributed by atoms with Gasteiger partial charge in [0.15, 0.2) is 0 Å². The average molecular weight is 261 g/mol. The number of hydrogen-bond acceptors (Lipinski definition) is 4. The van der Waals surface area contributed by atoms with E-state index in [9.17, 15) is 4.79 Å². The van der Waals surface area contributed by atoms with E-state index in [1.54, 1.807) is 11.8 Å². The van der Waals surface area contributed by atoms with Crippen LogP contribution in [0, 0.1) is 0 Å². The van der Waals surface area contributed by atoms with Crippen LogP contribution in [-0.4, -0.2) is 30.6 Å². The maximum absolute atomic E-state index is 11.4. The second kappa shape index (κ2) is 12.2. The summed E-state index contributed by atoms with van der Waals surface area (Å²) in [6, 6.07) is -0.442. The van der Waals surface area contributed by atoms with Gasteiger partial charge in [0, 0.05) is 0 Å². The van der Waals surface area contributed by atoms with E-state index in [1.807, 2.05) is 6.26 Å². The summed E-state index contributed by atoms with van der Waals surface area (Å²) in [5.41, 5.74) is 5.70. The van der Waals surface area contributed by atoms with E-state index in [0.717, 1.165) is 18.6 Å². The lowest BCUT2D eigenvalue weighted by Gasteiger charge is -2.10. The van der Waals surface area contributed by atoms with Gasteiger partial charge in [0.05, 0.1) is 6.61 Å². The van der Waals surface area contributed by atoms with Gasteiger partial charge in [0.2, 0.25) is 0 Å². The van der Waals surface area contributed by atoms with Gasteiger partial charge < -0.3 is 10.5 Å². The molecule has 0 fully saturated rings. The molecule has 0 aliphatic rings. The summed E-state index contributed by atoms with van der Waals surface area (Å²) in [6.07, 6.45) is 9.92. The van der Waals surface area contributed by atoms with Crippen molar-refractivity contribution in [1.29, 1.82) is 0 Å². The molecule has 0 saturated carbocycles. The number of carbonyl (C=O) groups excluding carboxylic acids is 1. The molecule has 0 aromatic heterocycles. The number of unbranched alkanes of at least 4 members (excludes halogenated alkanes) is 5. The molecule has 0 aliphatic heterocycles. The smallest absolute Gasteiger partial charge is 0.322 e. The van der Waals surface area contributed by atoms with Gasteiger partial charge >= 0.3 is 5.97 Å². The molecule has 1 atom stereocenters. The molecule has 102 valence electrons. The van der Waals surface area contributed by atoms with Crippen molar-refractivity contribution in [3.63, 3.8) is 0 Å². The number of esters is 1. The van der Waals surface area contributed by atoms with Gasteiger partial charge in [0.25, 0.3) is 0 Å². The number of ether oxygens (including phenoxy) is 1. The molecule has 0 rings (SSSR count). The molecule has 0 saturated heterocycles. The molecule has 0 radical (unpaired) electrons. The molecule has 0 amide bonds. The van der Waals surface area contributed by atoms with E-state index in [4.69, 9.17) is 10.5 Å². The van der Waals surface area contributed by atoms with Crippen molar-refractivity contribution in [2.24, 2.45) is 5.73 Å². The first-order valence-corrected chi connectivity index (χ1v) is 8.03. The molecule has 0 heterocycles. The third kappa shape index (κ3) is 10.6. The van der Waals surface area contributed by atoms with Gasteiger partial charge in [-0.3, -0.25) is 4.79 Å². The van der Waals surface area contributed by atoms with Crippen LogP contribution in [0.1, 0.15) is 51.9 Å². The molecule has 2 N–H and O–H groups in total. The van der Waals surface area contributed by atoms with Gasteiger partial charge in [-0.1, -0.05) is 39.0 Å². The summed E-state index contributed by atoms with van der Waals surface area (Å²) in [4.78, 5) is 11.4. The highest BCUT2D eigenvalue weighted by atomic mass is 32.2. The van der Waals surface area contributed by atoms with Crippen LogP contribution in [0.2, 0.25) is 0 Å². The molecular weight excluding hydrogens is 234 g/mol. The standard InChI is InChI=1S/C13H27NO2S/c1-3-4-5-6-7-8-10-16-13(15)12(14)9-11-17-2/h12H,3-11,14H2,1-2H3/t12-/m0/s1. The SMILES string of the molecule is CCCCCCCCOC(=O)[C@@H](N)CCSC. The van der Waals surface area contributed by atoms with E-state index in [0.29, 0.717) is 13.0 Å². The van der Waals surface area contributed by atoms with Crippen LogP contribution in [-0.2, 0) is 9.53 Å². The minimum atomic E-state index is -0.442. The maximum atomic E-state index is 11.4. The Hall–Kier alpha value is -0.220. The summed E-state index contributed by atoms with van der Waals surface area (Å²) < 4.78 is 5.13. The molecule has 0 bridgehead atoms. The van der Waals surface area contributed by atoms with E-state index in [1.165, 1.54) is 25.7 Å². The van der Waals surface area contributed by atoms with Crippen molar-refractivity contribution < 1.29 is 9.53 Å². The zero-order chi connectivity index (χ0) is 12.9. The van der Waals surface area contributed by atoms with E-state index >= 15 is 0 Å². The van der Waals surface area contributed by atoms with Crippen LogP contribution in [0.25, 0.3) is 0 Å². The van der Waals surface area contributed by atoms with Crippen molar-refractivity contribution in [2.45, 2.75) is 57.9 Å². The number of carbonyl (C=O) groups is 1. The predicted octanol–water partition coefficient (Wildman–Crippen LogP) is 2.97. The minimum absolute atomic E-state index is 0.243. The fraction of sp³-hybridized carbons (Fsp3) is 0.923. The predicted molar refractivity (Wildman–Crippen MR) is 75.3 cm³/mol. The van der Waals surface area contributed by atoms with Crippen molar-refractivity contribution >= 4 is 17.7 Å². The van der Waals surface area contributed by atoms with E-state index in [2.05, 4.69) is 6.92 Å². The quantitative estimate of drug-likeness (QED) is 0.459. The van der Waals surface area contributed by atoms with Crippen LogP contribution in [0.3, 0.4) is 0 Å². The Balaban J connectivity index is 3.32. The Morgan fingerprint density at radius 2 is 1.88 bits per heavy atom. The second-order valence-corrected chi connectivity index (χ2v) is 5.31. The number of nitrogens with two attached hydrogens (primary N) is 1. The van der Waals surface area contributed by atoms with Gasteiger partial charge in [-0.15, -0.1) is 0 Å². The van der Waals surface area contributed by atoms with Gasteiger partial charge in [0.1, 0.15) is 6.04 Å². The second-order valence-electron chi connectivity index (χ2n) is 4.32. The third-order valence-corrected chi connectivity index (χ3v) is 3.32. The average Bonchev–Trinajstić information content (AvgIpc) is 2.34. The first kappa shape index (κ1) is 16.8. The monoisotopic (exact) mass is 261 g/mol. The summed E-state index contributed by atoms with van der Waals surface area (Å²) in [5.74, 6) is 0.667. The Morgan fingerprint density at radius 1 is 1.24 bits per heavy atom. The van der Waals surface area contributed by atoms with Crippen LogP contribution in [0.4, 0.5) is 0 Å². The van der Waals surface area contributed by atoms with Gasteiger partial charge in [-0.05, 0) is 24.9 Å². The fourth-order valence-electron chi connectivity index (χ4n) is 1.52. The van der Waals surface area contributed by atoms with Gasteiger partial charge in [-0.2, -0.15) is 11.8 Å². The number of thioether (sulfide) groups is 1. The lowest BCUT2D eigenvalue weighted by Crippen LogP contribution is -2.33. The minimum Gasteiger partial charge on any atom is -0.465 e. The molecular formula is C13H27NO2S. The van der Waals surface area contributed by atoms with Crippen molar-refractivity contribution in [1.82, 2.24) is 0 Å². The van der Waals surface area contributed by atoms with Crippen molar-refractivity contribution in [2.75, 3.05) is 18.6 Å². The van der Waals surface area contributed by atoms with E-state index in [-0.39, 0.29) is 5.97 Å². The van der Waals surface area contributed by atoms with Crippen LogP contribution in [0.5, 0.6) is 0 Å². The molecule has 0 aliphatic carbocycles. The Morgan fingerprint density at radius 3 is 2.53 bits per heavy atom. The summed E-state index contributed by atoms with van der Waals surface area (Å²) in [7, 11) is 0. The molecule has 3 nitrogen and oxygen atoms in total. The number of hydrogen-bond donors (Lipinski definition) is 1. The summed E-state index contributed by atoms with van der Waals surface area (Å²) in [5, 5.41) is 0. The first-order valence-electron chi connectivity index (χ1n) is 6.63. The third-order valence-electron chi connectivity index (χ3n) is 2.68. The lowest BCUT2D eigenvalue weighted by atomic mass is 10.1. The zero-order valence-corrected chi connectivity index (χ0v) is 12.1. The molecule has 4 heteroatoms. The highest BCUT2D eigenvalue weighted by Gasteiger charge is 2.13. The topological polar surface area (TPSA) is 52.3 Å². The van der Waals surface area contributed by atoms with Crippen molar-refractivity contribution in [3.05, 3.63) is 0 Å². The largest absolute Gasteiger partial charge is 0.465 e. The summed E-state index contributed by atoms with van der Waals surface area (Å²) >= 11 is 1.70. The first-order chi connectivity index (χ1) is 8.22. The summed E-state index contributed by atoms with van der Waals surface area (Å²) in [6.45, 7) is 2.73. The van der Waals surface area contributed by atoms with E-state index < -0.39 is 6.04 Å². The Labute approximate surface area is 110 Å². The molecule has 0 aromatic rings. The van der Waals surface area contributed by atoms with Gasteiger partial charge in [-0.25, -0.2) is 0 Å². The maximum Gasteiger partial charge on any atom is 0.322 e. The lowest BCUT2D eigenvalue weighted by molar-refractivity contribution is -0.145. The molecule has 0 unspecified atom stereocenters. The van der Waals surface area contributed by atoms with Crippen molar-refractivity contribution in [3.8, 4) is 0 Å². The normalized spacial score (nSPS) is 12.4. The Bertz CT molecular complexity index is 188. The zero-order valence-electron chi connectivity index (χ0n) is 11.2. The fourth-order valence-corrected chi connectivity index (χ4v) is 2.01. The number of rotatable bonds is 11. The van der Waals surface area contributed by atoms with Crippen LogP contribution in [0.15, 0.2) is 0 Å².